The van der Waals surface area contributed by atoms with Crippen LogP contribution in [0.3, 0.4) is 0 Å². The minimum atomic E-state index is -1.01. The van der Waals surface area contributed by atoms with E-state index in [0.29, 0.717) is 35.8 Å². The predicted molar refractivity (Wildman–Crippen MR) is 124 cm³/mol. The molecule has 0 saturated heterocycles. The number of hydrogen-bond acceptors (Lipinski definition) is 7. The van der Waals surface area contributed by atoms with Gasteiger partial charge in [0.05, 0.1) is 17.2 Å². The summed E-state index contributed by atoms with van der Waals surface area (Å²) in [5, 5.41) is 16.3. The molecule has 0 bridgehead atoms. The Balaban J connectivity index is 1.49. The number of hydrogen-bond donors (Lipinski definition) is 3. The maximum absolute atomic E-state index is 13.1. The van der Waals surface area contributed by atoms with Crippen molar-refractivity contribution in [3.8, 4) is 11.5 Å². The lowest BCUT2D eigenvalue weighted by molar-refractivity contribution is -0.121. The number of likely N-dealkylation sites (N-methyl/N-ethyl adjacent to an activating group) is 1. The molecule has 0 aromatic heterocycles. The standard InChI is InChI=1S/C24H28N4O5/c1-28(2)7-8-32-22-11-15(19-12-25-26-13-19)3-5-20(22)27-23(29)18-10-17-9-16(24(30)31)4-6-21(17)33-14-18/h3-6,9,11-12,18-19,26H,7-8,10,13-14H2,1-2H3,(H,27,29)(H,30,31). The number of ether oxygens (including phenoxy) is 2. The van der Waals surface area contributed by atoms with Gasteiger partial charge < -0.3 is 30.2 Å². The van der Waals surface area contributed by atoms with E-state index in [1.165, 1.54) is 6.07 Å². The lowest BCUT2D eigenvalue weighted by Gasteiger charge is -2.25. The van der Waals surface area contributed by atoms with Crippen LogP contribution >= 0.6 is 0 Å². The molecule has 0 aliphatic carbocycles. The molecule has 1 amide bonds. The van der Waals surface area contributed by atoms with Crippen molar-refractivity contribution in [1.82, 2.24) is 10.3 Å². The van der Waals surface area contributed by atoms with E-state index in [1.807, 2.05) is 43.4 Å². The van der Waals surface area contributed by atoms with Crippen LogP contribution in [0.15, 0.2) is 41.5 Å². The summed E-state index contributed by atoms with van der Waals surface area (Å²) in [6.07, 6.45) is 2.26. The fraction of sp³-hybridized carbons (Fsp3) is 0.375. The summed E-state index contributed by atoms with van der Waals surface area (Å²) in [5.41, 5.74) is 5.50. The fourth-order valence-corrected chi connectivity index (χ4v) is 3.81. The number of aromatic carboxylic acids is 1. The second kappa shape index (κ2) is 9.91. The van der Waals surface area contributed by atoms with Crippen LogP contribution in [-0.2, 0) is 11.2 Å². The first-order valence-electron chi connectivity index (χ1n) is 10.9. The Morgan fingerprint density at radius 1 is 1.27 bits per heavy atom. The topological polar surface area (TPSA) is 112 Å². The molecule has 2 aliphatic heterocycles. The molecule has 0 saturated carbocycles. The summed E-state index contributed by atoms with van der Waals surface area (Å²) in [5.74, 6) is -0.275. The zero-order chi connectivity index (χ0) is 23.4. The molecule has 2 atom stereocenters. The molecule has 9 nitrogen and oxygen atoms in total. The van der Waals surface area contributed by atoms with Crippen LogP contribution in [0.1, 0.15) is 27.4 Å². The second-order valence-electron chi connectivity index (χ2n) is 8.48. The minimum Gasteiger partial charge on any atom is -0.492 e. The van der Waals surface area contributed by atoms with Gasteiger partial charge >= 0.3 is 5.97 Å². The van der Waals surface area contributed by atoms with Crippen molar-refractivity contribution >= 4 is 23.8 Å². The number of nitrogens with zero attached hydrogens (tertiary/aromatic N) is 2. The van der Waals surface area contributed by atoms with E-state index in [9.17, 15) is 14.7 Å². The first kappa shape index (κ1) is 22.6. The monoisotopic (exact) mass is 452 g/mol. The highest BCUT2D eigenvalue weighted by Gasteiger charge is 2.28. The van der Waals surface area contributed by atoms with Gasteiger partial charge in [0.2, 0.25) is 5.91 Å². The van der Waals surface area contributed by atoms with Crippen LogP contribution in [0, 0.1) is 5.92 Å². The van der Waals surface area contributed by atoms with Gasteiger partial charge in [0.25, 0.3) is 0 Å². The largest absolute Gasteiger partial charge is 0.492 e. The van der Waals surface area contributed by atoms with E-state index in [-0.39, 0.29) is 24.0 Å². The Labute approximate surface area is 192 Å². The number of benzene rings is 2. The number of rotatable bonds is 8. The van der Waals surface area contributed by atoms with Crippen LogP contribution in [0.2, 0.25) is 0 Å². The number of carboxylic acids is 1. The predicted octanol–water partition coefficient (Wildman–Crippen LogP) is 2.19. The second-order valence-corrected chi connectivity index (χ2v) is 8.48. The molecule has 0 radical (unpaired) electrons. The van der Waals surface area contributed by atoms with Crippen LogP contribution in [0.25, 0.3) is 0 Å². The maximum atomic E-state index is 13.1. The lowest BCUT2D eigenvalue weighted by Crippen LogP contribution is -2.33. The normalized spacial score (nSPS) is 18.9. The Hall–Kier alpha value is -3.59. The van der Waals surface area contributed by atoms with Crippen molar-refractivity contribution in [2.75, 3.05) is 45.7 Å². The van der Waals surface area contributed by atoms with Gasteiger partial charge in [-0.25, -0.2) is 4.79 Å². The van der Waals surface area contributed by atoms with Crippen molar-refractivity contribution in [1.29, 1.82) is 0 Å². The van der Waals surface area contributed by atoms with Gasteiger partial charge in [-0.2, -0.15) is 5.10 Å². The molecular formula is C24H28N4O5. The molecule has 0 fully saturated rings. The number of carbonyl (C=O) groups is 2. The molecule has 0 spiro atoms. The van der Waals surface area contributed by atoms with E-state index in [2.05, 4.69) is 15.8 Å². The lowest BCUT2D eigenvalue weighted by atomic mass is 9.94. The van der Waals surface area contributed by atoms with Crippen molar-refractivity contribution in [3.05, 3.63) is 53.1 Å². The molecule has 9 heteroatoms. The van der Waals surface area contributed by atoms with Gasteiger partial charge in [-0.15, -0.1) is 0 Å². The summed E-state index contributed by atoms with van der Waals surface area (Å²) in [7, 11) is 3.94. The number of amides is 1. The minimum absolute atomic E-state index is 0.151. The van der Waals surface area contributed by atoms with Crippen molar-refractivity contribution in [3.63, 3.8) is 0 Å². The molecule has 2 aliphatic rings. The summed E-state index contributed by atoms with van der Waals surface area (Å²) in [6, 6.07) is 10.5. The van der Waals surface area contributed by atoms with E-state index in [0.717, 1.165) is 18.7 Å². The van der Waals surface area contributed by atoms with Gasteiger partial charge in [-0.1, -0.05) is 6.07 Å². The van der Waals surface area contributed by atoms with E-state index in [1.54, 1.807) is 12.1 Å². The molecule has 3 N–H and O–H groups in total. The summed E-state index contributed by atoms with van der Waals surface area (Å²) in [4.78, 5) is 26.4. The maximum Gasteiger partial charge on any atom is 0.335 e. The molecule has 174 valence electrons. The quantitative estimate of drug-likeness (QED) is 0.563. The average Bonchev–Trinajstić information content (AvgIpc) is 3.34. The van der Waals surface area contributed by atoms with E-state index in [4.69, 9.17) is 9.47 Å². The van der Waals surface area contributed by atoms with Gasteiger partial charge in [0, 0.05) is 25.2 Å². The summed E-state index contributed by atoms with van der Waals surface area (Å²) in [6.45, 7) is 2.17. The highest BCUT2D eigenvalue weighted by atomic mass is 16.5. The van der Waals surface area contributed by atoms with Gasteiger partial charge in [-0.3, -0.25) is 4.79 Å². The Morgan fingerprint density at radius 3 is 2.85 bits per heavy atom. The molecule has 33 heavy (non-hydrogen) atoms. The number of anilines is 1. The Bertz CT molecular complexity index is 1070. The molecule has 2 unspecified atom stereocenters. The Kier molecular flexibility index (Phi) is 6.79. The first-order chi connectivity index (χ1) is 15.9. The zero-order valence-corrected chi connectivity index (χ0v) is 18.7. The smallest absolute Gasteiger partial charge is 0.335 e. The molecule has 2 heterocycles. The third-order valence-corrected chi connectivity index (χ3v) is 5.73. The number of nitrogens with one attached hydrogen (secondary N) is 2. The highest BCUT2D eigenvalue weighted by Crippen LogP contribution is 2.32. The van der Waals surface area contributed by atoms with Gasteiger partial charge in [0.1, 0.15) is 24.7 Å². The van der Waals surface area contributed by atoms with Crippen molar-refractivity contribution in [2.24, 2.45) is 11.0 Å². The van der Waals surface area contributed by atoms with Crippen LogP contribution in [0.5, 0.6) is 11.5 Å². The number of fused-ring (bicyclic) bond motifs is 1. The van der Waals surface area contributed by atoms with Crippen LogP contribution in [0.4, 0.5) is 5.69 Å². The van der Waals surface area contributed by atoms with Crippen LogP contribution < -0.4 is 20.2 Å². The summed E-state index contributed by atoms with van der Waals surface area (Å²) < 4.78 is 11.7. The highest BCUT2D eigenvalue weighted by molar-refractivity contribution is 5.95. The number of hydrazone groups is 1. The van der Waals surface area contributed by atoms with Crippen molar-refractivity contribution < 1.29 is 24.2 Å². The molecule has 4 rings (SSSR count). The van der Waals surface area contributed by atoms with Gasteiger partial charge in [0.15, 0.2) is 0 Å². The van der Waals surface area contributed by atoms with E-state index >= 15 is 0 Å². The molecular weight excluding hydrogens is 424 g/mol. The van der Waals surface area contributed by atoms with Gasteiger partial charge in [-0.05, 0) is 62.0 Å². The number of carbonyl (C=O) groups excluding carboxylic acids is 1. The van der Waals surface area contributed by atoms with E-state index < -0.39 is 11.9 Å². The number of carboxylic acid groups (broad SMARTS) is 1. The van der Waals surface area contributed by atoms with Crippen LogP contribution in [-0.4, -0.2) is 68.5 Å². The zero-order valence-electron chi connectivity index (χ0n) is 18.7. The molecule has 2 aromatic rings. The third kappa shape index (κ3) is 5.43. The summed E-state index contributed by atoms with van der Waals surface area (Å²) >= 11 is 0. The Morgan fingerprint density at radius 2 is 2.12 bits per heavy atom. The fourth-order valence-electron chi connectivity index (χ4n) is 3.81. The molecule has 2 aromatic carbocycles. The third-order valence-electron chi connectivity index (χ3n) is 5.73. The first-order valence-corrected chi connectivity index (χ1v) is 10.9. The SMILES string of the molecule is CN(C)CCOc1cc(C2C=NNC2)ccc1NC(=O)C1COc2ccc(C(=O)O)cc2C1. The average molecular weight is 453 g/mol. The van der Waals surface area contributed by atoms with Crippen molar-refractivity contribution in [2.45, 2.75) is 12.3 Å².